The average Bonchev–Trinajstić information content (AvgIpc) is 0.770. The molecule has 58 heteroatoms. The minimum Gasteiger partial charge on any atom is -0.477 e. The van der Waals surface area contributed by atoms with Crippen LogP contribution in [0.3, 0.4) is 0 Å². The molecule has 131 heavy (non-hydrogen) atoms. The molecule has 0 spiro atoms. The number of ether oxygens (including phenoxy) is 18. The van der Waals surface area contributed by atoms with Crippen LogP contribution in [-0.4, -0.2) is 556 Å². The van der Waals surface area contributed by atoms with Gasteiger partial charge in [-0.05, 0) is 6.92 Å². The summed E-state index contributed by atoms with van der Waals surface area (Å²) >= 11 is 0. The van der Waals surface area contributed by atoms with Gasteiger partial charge in [-0.25, -0.2) is 4.79 Å². The molecule has 0 saturated carbocycles. The number of nitrogens with one attached hydrogen (secondary N) is 5. The Kier molecular flexibility index (Phi) is 40.2. The largest absolute Gasteiger partial charge is 0.477 e. The van der Waals surface area contributed by atoms with E-state index < -0.39 is 414 Å². The van der Waals surface area contributed by atoms with Crippen LogP contribution in [0.4, 0.5) is 0 Å². The van der Waals surface area contributed by atoms with E-state index in [2.05, 4.69) is 26.6 Å². The number of aliphatic hydroxyl groups is 28. The number of hydrogen-bond acceptors (Lipinski definition) is 52. The summed E-state index contributed by atoms with van der Waals surface area (Å²) in [7, 11) is 0. The third kappa shape index (κ3) is 25.4. The fraction of sp³-hybridized carbons (Fsp3) is 0.918. The van der Waals surface area contributed by atoms with Gasteiger partial charge >= 0.3 is 5.97 Å². The summed E-state index contributed by atoms with van der Waals surface area (Å²) in [5, 5.41) is 336. The van der Waals surface area contributed by atoms with E-state index in [4.69, 9.17) is 85.3 Å². The minimum atomic E-state index is -3.10. The molecular formula is C73H123N5O53. The number of carboxylic acid groups (broad SMARTS) is 1. The predicted molar refractivity (Wildman–Crippen MR) is 406 cm³/mol. The SMILES string of the molecule is CC(=O)N[C@H]1[C@H](O[C@@H]([C@H](O)[C@H](CO)NC(C)=O)[C@H](O)CO[C@@H]2O[C@@H](C)[C@@H](O)[C@@H](O)[C@@H]2O)O[C@H](CO)[C@@H](O[C@@H]2O[C@H](CO[C@H]3O[C@H](CO)[C@@H](O)[C@H](O)[C@@H]3O[C@@H]3O[C@H](CO)[C@@H](O[C@@H]4O[C@H](CO[C@]5(C(=O)O)C[C@H](O)[C@@H](NC(C)=O)[C@H]([C@H](O)[C@H](O)CO)O5)[C@H](O)[C@H](O)[C@H]4O)[C@H](O)[C@H]3NC(C)=O)[C@@H](O)[C@H](O[C@H]3O[C@H](CO)[C@@H](O)[C@H](O)[C@@H]3O[C@@H]3O[C@H](CO)[C@@H](O)[C@H](O)[C@H]3NC(C)=O)[C@@H]2O)[C@@H]1O. The van der Waals surface area contributed by atoms with Crippen LogP contribution in [0.2, 0.25) is 0 Å². The van der Waals surface area contributed by atoms with Gasteiger partial charge in [-0.3, -0.25) is 24.0 Å². The third-order valence-corrected chi connectivity index (χ3v) is 23.4. The topological polar surface area (TPSA) is 915 Å². The first-order valence-electron chi connectivity index (χ1n) is 41.5. The maximum atomic E-state index is 13.2. The van der Waals surface area contributed by atoms with Crippen molar-refractivity contribution in [2.24, 2.45) is 0 Å². The molecule has 0 aromatic carbocycles. The lowest BCUT2D eigenvalue weighted by atomic mass is 9.88. The van der Waals surface area contributed by atoms with Crippen LogP contribution in [0, 0.1) is 0 Å². The second kappa shape index (κ2) is 48.0. The van der Waals surface area contributed by atoms with Crippen LogP contribution < -0.4 is 26.6 Å². The van der Waals surface area contributed by atoms with Crippen LogP contribution in [0.5, 0.6) is 0 Å². The molecule has 50 atom stereocenters. The Hall–Kier alpha value is -5.02. The summed E-state index contributed by atoms with van der Waals surface area (Å²) in [4.78, 5) is 76.5. The summed E-state index contributed by atoms with van der Waals surface area (Å²) < 4.78 is 106. The molecular weight excluding hydrogens is 1790 g/mol. The second-order valence-corrected chi connectivity index (χ2v) is 33.0. The Bertz CT molecular complexity index is 3610. The zero-order valence-electron chi connectivity index (χ0n) is 70.8. The van der Waals surface area contributed by atoms with Crippen LogP contribution >= 0.6 is 0 Å². The van der Waals surface area contributed by atoms with Gasteiger partial charge in [-0.15, -0.1) is 0 Å². The van der Waals surface area contributed by atoms with E-state index in [-0.39, 0.29) is 0 Å². The van der Waals surface area contributed by atoms with E-state index in [0.717, 1.165) is 34.6 Å². The molecule has 758 valence electrons. The number of carbonyl (C=O) groups is 6. The second-order valence-electron chi connectivity index (χ2n) is 33.0. The van der Waals surface area contributed by atoms with Gasteiger partial charge in [0.25, 0.3) is 5.79 Å². The Morgan fingerprint density at radius 3 is 1.26 bits per heavy atom. The molecule has 9 aliphatic rings. The number of amides is 5. The quantitative estimate of drug-likeness (QED) is 0.0272. The van der Waals surface area contributed by atoms with Gasteiger partial charge in [-0.2, -0.15) is 0 Å². The van der Waals surface area contributed by atoms with Crippen LogP contribution in [0.1, 0.15) is 48.0 Å². The zero-order valence-corrected chi connectivity index (χ0v) is 70.8. The fourth-order valence-corrected chi connectivity index (χ4v) is 16.4. The van der Waals surface area contributed by atoms with Crippen molar-refractivity contribution in [3.05, 3.63) is 0 Å². The van der Waals surface area contributed by atoms with Gasteiger partial charge in [0.05, 0.1) is 90.4 Å². The first kappa shape index (κ1) is 110. The highest BCUT2D eigenvalue weighted by molar-refractivity contribution is 5.77. The van der Waals surface area contributed by atoms with Gasteiger partial charge in [0, 0.05) is 41.0 Å². The van der Waals surface area contributed by atoms with Gasteiger partial charge in [-0.1, -0.05) is 0 Å². The molecule has 9 rings (SSSR count). The standard InChI is InChI=1S/C73H123N5O53/c1-18-39(94)50(105)54(109)67(117-18)114-15-27(93)57(40(95)24(8-79)74-19(2)86)125-65-37(77-22(5)89)48(103)59(32(14-85)121-65)127-69-56(111)61(128-71-63(53(108)44(99)30(12-83)120-71)130-64-36(76-21(4)88)47(102)42(97)28(10-81)118-64)46(101)33(123-69)16-115-70-62(52(107)43(98)29(11-82)119-70)129-66-38(78-23(6)90)49(104)58(31(13-84)122-66)126-68-55(110)51(106)45(100)34(124-68)17-116-73(72(112)113)7-25(91)35(75-20(3)87)60(131-73)41(96)26(92)9-80/h18,24-71,79-85,91-111H,7-17H2,1-6H3,(H,74,86)(H,75,87)(H,76,88)(H,77,89)(H,78,90)(H,112,113)/t18-,24-,25-,26+,27+,28+,29+,30+,31+,32+,33+,34+,35+,36+,37+,38+,39+,40+,41+,42+,43+,44+,45-,46+,47+,48+,49+,50+,51-,52-,53-,54-,55+,56-,57+,58+,59+,60+,61-,62-,63-,64-,65-,66-,67+,68-,69-,70-,71+,73+/m0/s1. The van der Waals surface area contributed by atoms with Crippen LogP contribution in [0.25, 0.3) is 0 Å². The molecule has 0 radical (unpaired) electrons. The van der Waals surface area contributed by atoms with Crippen molar-refractivity contribution in [3.63, 3.8) is 0 Å². The van der Waals surface area contributed by atoms with Gasteiger partial charge in [0.2, 0.25) is 29.5 Å². The van der Waals surface area contributed by atoms with E-state index >= 15 is 0 Å². The number of aliphatic carboxylic acids is 1. The molecule has 5 amide bonds. The molecule has 0 aromatic heterocycles. The summed E-state index contributed by atoms with van der Waals surface area (Å²) in [5.74, 6) is -9.86. The minimum absolute atomic E-state index is 0.848. The molecule has 9 heterocycles. The lowest BCUT2D eigenvalue weighted by Crippen LogP contribution is -2.70. The first-order valence-corrected chi connectivity index (χ1v) is 41.5. The van der Waals surface area contributed by atoms with Crippen molar-refractivity contribution in [2.45, 2.75) is 354 Å². The van der Waals surface area contributed by atoms with Gasteiger partial charge in [0.15, 0.2) is 50.3 Å². The monoisotopic (exact) mass is 1920 g/mol. The molecule has 0 bridgehead atoms. The molecule has 9 saturated heterocycles. The summed E-state index contributed by atoms with van der Waals surface area (Å²) in [6, 6.07) is -9.46. The lowest BCUT2D eigenvalue weighted by molar-refractivity contribution is -0.396. The Balaban J connectivity index is 1.03. The highest BCUT2D eigenvalue weighted by atomic mass is 16.8. The Morgan fingerprint density at radius 1 is 0.366 bits per heavy atom. The molecule has 9 aliphatic heterocycles. The first-order chi connectivity index (χ1) is 61.7. The van der Waals surface area contributed by atoms with E-state index in [1.165, 1.54) is 6.92 Å². The van der Waals surface area contributed by atoms with Crippen molar-refractivity contribution in [1.29, 1.82) is 0 Å². The maximum Gasteiger partial charge on any atom is 0.364 e. The van der Waals surface area contributed by atoms with Crippen LogP contribution in [-0.2, 0) is 114 Å². The van der Waals surface area contributed by atoms with Crippen molar-refractivity contribution < 1.29 is 262 Å². The average molecular weight is 1920 g/mol. The highest BCUT2D eigenvalue weighted by Gasteiger charge is 2.62. The third-order valence-electron chi connectivity index (χ3n) is 23.4. The van der Waals surface area contributed by atoms with Gasteiger partial charge < -0.3 is 260 Å². The molecule has 58 nitrogen and oxygen atoms in total. The number of aliphatic hydroxyl groups excluding tert-OH is 28. The van der Waals surface area contributed by atoms with E-state index in [1.807, 2.05) is 0 Å². The normalized spacial score (nSPS) is 45.0. The summed E-state index contributed by atoms with van der Waals surface area (Å²) in [5.41, 5.74) is 0. The maximum absolute atomic E-state index is 13.2. The molecule has 9 fully saturated rings. The number of carboxylic acids is 1. The molecule has 34 N–H and O–H groups in total. The van der Waals surface area contributed by atoms with Crippen molar-refractivity contribution in [3.8, 4) is 0 Å². The summed E-state index contributed by atoms with van der Waals surface area (Å²) in [6.07, 6.45) is -96.8. The molecule has 0 aliphatic carbocycles. The van der Waals surface area contributed by atoms with Crippen molar-refractivity contribution in [2.75, 3.05) is 66.1 Å². The lowest BCUT2D eigenvalue weighted by Gasteiger charge is -2.51. The predicted octanol–water partition coefficient (Wildman–Crippen LogP) is -22.2. The molecule has 0 aromatic rings. The van der Waals surface area contributed by atoms with Crippen molar-refractivity contribution >= 4 is 35.5 Å². The smallest absolute Gasteiger partial charge is 0.364 e. The summed E-state index contributed by atoms with van der Waals surface area (Å²) in [6.45, 7) is -5.98. The van der Waals surface area contributed by atoms with E-state index in [1.54, 1.807) is 0 Å². The highest BCUT2D eigenvalue weighted by Crippen LogP contribution is 2.41. The van der Waals surface area contributed by atoms with E-state index in [0.29, 0.717) is 0 Å². The number of rotatable bonds is 39. The number of carbonyl (C=O) groups excluding carboxylic acids is 5. The Labute approximate surface area is 742 Å². The fourth-order valence-electron chi connectivity index (χ4n) is 16.4. The zero-order chi connectivity index (χ0) is 97.3. The molecule has 0 unspecified atom stereocenters. The van der Waals surface area contributed by atoms with E-state index in [9.17, 15) is 177 Å². The van der Waals surface area contributed by atoms with Gasteiger partial charge in [0.1, 0.15) is 226 Å². The van der Waals surface area contributed by atoms with Crippen molar-refractivity contribution in [1.82, 2.24) is 26.6 Å². The number of hydrogen-bond donors (Lipinski definition) is 34. The Morgan fingerprint density at radius 2 is 0.771 bits per heavy atom. The van der Waals surface area contributed by atoms with Crippen LogP contribution in [0.15, 0.2) is 0 Å².